The van der Waals surface area contributed by atoms with Crippen LogP contribution in [0, 0.1) is 11.3 Å². The van der Waals surface area contributed by atoms with E-state index < -0.39 is 0 Å². The van der Waals surface area contributed by atoms with Gasteiger partial charge in [-0.1, -0.05) is 30.3 Å². The lowest BCUT2D eigenvalue weighted by atomic mass is 9.83. The van der Waals surface area contributed by atoms with Crippen molar-refractivity contribution >= 4 is 0 Å². The van der Waals surface area contributed by atoms with Crippen LogP contribution in [0.15, 0.2) is 47.0 Å². The summed E-state index contributed by atoms with van der Waals surface area (Å²) < 4.78 is 18.8. The Hall–Kier alpha value is -3.48. The van der Waals surface area contributed by atoms with Crippen molar-refractivity contribution in [2.24, 2.45) is 0 Å². The molecule has 0 bridgehead atoms. The van der Waals surface area contributed by atoms with Gasteiger partial charge in [-0.25, -0.2) is 4.98 Å². The number of hydrogen-bond donors (Lipinski definition) is 1. The molecular weight excluding hydrogens is 480 g/mol. The molecule has 4 atom stereocenters. The Morgan fingerprint density at radius 3 is 2.76 bits per heavy atom. The van der Waals surface area contributed by atoms with Crippen molar-refractivity contribution < 1.29 is 13.9 Å². The number of rotatable bonds is 9. The molecule has 9 heteroatoms. The van der Waals surface area contributed by atoms with E-state index in [1.807, 2.05) is 18.2 Å². The Bertz CT molecular complexity index is 1270. The third-order valence-electron chi connectivity index (χ3n) is 7.72. The molecule has 2 aliphatic heterocycles. The van der Waals surface area contributed by atoms with Crippen molar-refractivity contribution in [2.45, 2.75) is 76.2 Å². The second-order valence-corrected chi connectivity index (χ2v) is 10.8. The second kappa shape index (κ2) is 11.1. The summed E-state index contributed by atoms with van der Waals surface area (Å²) in [7, 11) is 2.13. The van der Waals surface area contributed by atoms with Gasteiger partial charge in [0.1, 0.15) is 18.0 Å². The van der Waals surface area contributed by atoms with Gasteiger partial charge in [0.15, 0.2) is 0 Å². The molecule has 5 rings (SSSR count). The topological polar surface area (TPSA) is 109 Å². The van der Waals surface area contributed by atoms with Gasteiger partial charge in [-0.15, -0.1) is 0 Å². The summed E-state index contributed by atoms with van der Waals surface area (Å²) in [6.07, 6.45) is 5.02. The summed E-state index contributed by atoms with van der Waals surface area (Å²) in [6, 6.07) is 14.6. The van der Waals surface area contributed by atoms with Gasteiger partial charge < -0.3 is 19.2 Å². The highest BCUT2D eigenvalue weighted by Gasteiger charge is 2.31. The Morgan fingerprint density at radius 2 is 2.03 bits per heavy atom. The van der Waals surface area contributed by atoms with E-state index in [2.05, 4.69) is 71.2 Å². The number of nitrogens with one attached hydrogen (secondary N) is 1. The highest BCUT2D eigenvalue weighted by molar-refractivity contribution is 5.45. The van der Waals surface area contributed by atoms with Crippen LogP contribution in [0.2, 0.25) is 0 Å². The molecule has 9 nitrogen and oxygen atoms in total. The van der Waals surface area contributed by atoms with E-state index in [1.165, 1.54) is 0 Å². The molecule has 1 N–H and O–H groups in total. The standard InChI is InChI=1S/C29H36N6O3/c1-19(23-11-8-14-35(23)4)36-25-16-26(37-22-15-21(12-13-30)31-17-22)34-27(33-25)28-32-18-24(38-28)29(2,3)20-9-6-5-7-10-20/h5-7,9-10,16,18-19,21-23,31H,8,11-12,14-15,17H2,1-4H3/t19-,21+,22+,23-/m0/s1. The Kier molecular flexibility index (Phi) is 7.63. The summed E-state index contributed by atoms with van der Waals surface area (Å²) in [6.45, 7) is 8.00. The summed E-state index contributed by atoms with van der Waals surface area (Å²) in [4.78, 5) is 16.2. The van der Waals surface area contributed by atoms with Crippen molar-refractivity contribution in [3.05, 3.63) is 53.9 Å². The maximum absolute atomic E-state index is 9.04. The third-order valence-corrected chi connectivity index (χ3v) is 7.72. The van der Waals surface area contributed by atoms with E-state index in [1.54, 1.807) is 12.3 Å². The van der Waals surface area contributed by atoms with Crippen LogP contribution in [0.25, 0.3) is 11.7 Å². The first-order valence-corrected chi connectivity index (χ1v) is 13.4. The monoisotopic (exact) mass is 516 g/mol. The van der Waals surface area contributed by atoms with Crippen molar-refractivity contribution in [1.29, 1.82) is 5.26 Å². The van der Waals surface area contributed by atoms with Crippen LogP contribution in [0.5, 0.6) is 11.8 Å². The number of benzene rings is 1. The first kappa shape index (κ1) is 26.1. The summed E-state index contributed by atoms with van der Waals surface area (Å²) in [5.74, 6) is 2.19. The van der Waals surface area contributed by atoms with Gasteiger partial charge >= 0.3 is 0 Å². The second-order valence-electron chi connectivity index (χ2n) is 10.8. The molecule has 2 aromatic heterocycles. The minimum absolute atomic E-state index is 0.0524. The van der Waals surface area contributed by atoms with Gasteiger partial charge in [0, 0.05) is 30.5 Å². The molecular formula is C29H36N6O3. The smallest absolute Gasteiger partial charge is 0.265 e. The summed E-state index contributed by atoms with van der Waals surface area (Å²) >= 11 is 0. The SMILES string of the molecule is C[C@H](Oc1cc(O[C@H]2CN[C@H](CC#N)C2)nc(-c2ncc(C(C)(C)c3ccccc3)o2)n1)[C@@H]1CCCN1C. The summed E-state index contributed by atoms with van der Waals surface area (Å²) in [5.41, 5.74) is 0.743. The number of hydrogen-bond acceptors (Lipinski definition) is 9. The van der Waals surface area contributed by atoms with Crippen LogP contribution >= 0.6 is 0 Å². The van der Waals surface area contributed by atoms with Crippen LogP contribution in [-0.2, 0) is 5.41 Å². The molecule has 0 radical (unpaired) electrons. The first-order chi connectivity index (χ1) is 18.3. The van der Waals surface area contributed by atoms with E-state index in [9.17, 15) is 0 Å². The maximum atomic E-state index is 9.04. The molecule has 2 aliphatic rings. The molecule has 2 saturated heterocycles. The van der Waals surface area contributed by atoms with Crippen LogP contribution in [0.3, 0.4) is 0 Å². The lowest BCUT2D eigenvalue weighted by molar-refractivity contribution is 0.116. The van der Waals surface area contributed by atoms with E-state index in [-0.39, 0.29) is 23.7 Å². The number of likely N-dealkylation sites (N-methyl/N-ethyl adjacent to an activating group) is 1. The normalized spacial score (nSPS) is 22.8. The quantitative estimate of drug-likeness (QED) is 0.444. The molecule has 0 amide bonds. The lowest BCUT2D eigenvalue weighted by Gasteiger charge is -2.26. The minimum atomic E-state index is -0.382. The molecule has 2 fully saturated rings. The van der Waals surface area contributed by atoms with Gasteiger partial charge in [0.2, 0.25) is 17.6 Å². The zero-order valence-corrected chi connectivity index (χ0v) is 22.6. The van der Waals surface area contributed by atoms with E-state index in [0.717, 1.165) is 37.1 Å². The van der Waals surface area contributed by atoms with Gasteiger partial charge in [0.05, 0.1) is 24.8 Å². The average Bonchev–Trinajstić information content (AvgIpc) is 3.66. The Morgan fingerprint density at radius 1 is 1.24 bits per heavy atom. The number of likely N-dealkylation sites (tertiary alicyclic amines) is 1. The highest BCUT2D eigenvalue weighted by atomic mass is 16.5. The third kappa shape index (κ3) is 5.66. The van der Waals surface area contributed by atoms with Crippen LogP contribution in [0.1, 0.15) is 57.8 Å². The fourth-order valence-electron chi connectivity index (χ4n) is 5.39. The zero-order chi connectivity index (χ0) is 26.7. The van der Waals surface area contributed by atoms with Crippen molar-refractivity contribution in [3.8, 4) is 29.5 Å². The number of aromatic nitrogens is 3. The van der Waals surface area contributed by atoms with Gasteiger partial charge in [-0.05, 0) is 52.8 Å². The first-order valence-electron chi connectivity index (χ1n) is 13.4. The fraction of sp³-hybridized carbons (Fsp3) is 0.517. The molecule has 0 unspecified atom stereocenters. The van der Waals surface area contributed by atoms with Crippen LogP contribution in [-0.4, -0.2) is 64.3 Å². The molecule has 3 aromatic rings. The molecule has 1 aromatic carbocycles. The van der Waals surface area contributed by atoms with E-state index in [4.69, 9.17) is 19.2 Å². The molecule has 0 saturated carbocycles. The zero-order valence-electron chi connectivity index (χ0n) is 22.6. The van der Waals surface area contributed by atoms with E-state index in [0.29, 0.717) is 42.5 Å². The number of nitriles is 1. The van der Waals surface area contributed by atoms with Gasteiger partial charge in [-0.2, -0.15) is 15.2 Å². The maximum Gasteiger partial charge on any atom is 0.265 e. The largest absolute Gasteiger partial charge is 0.473 e. The van der Waals surface area contributed by atoms with E-state index >= 15 is 0 Å². The lowest BCUT2D eigenvalue weighted by Crippen LogP contribution is -2.38. The number of nitrogens with zero attached hydrogens (tertiary/aromatic N) is 5. The Balaban J connectivity index is 1.42. The predicted octanol–water partition coefficient (Wildman–Crippen LogP) is 4.34. The van der Waals surface area contributed by atoms with Gasteiger partial charge in [-0.3, -0.25) is 4.90 Å². The highest BCUT2D eigenvalue weighted by Crippen LogP contribution is 2.34. The molecule has 4 heterocycles. The summed E-state index contributed by atoms with van der Waals surface area (Å²) in [5, 5.41) is 12.4. The Labute approximate surface area is 224 Å². The minimum Gasteiger partial charge on any atom is -0.473 e. The van der Waals surface area contributed by atoms with Crippen LogP contribution in [0.4, 0.5) is 0 Å². The molecule has 38 heavy (non-hydrogen) atoms. The van der Waals surface area contributed by atoms with Crippen molar-refractivity contribution in [2.75, 3.05) is 20.1 Å². The van der Waals surface area contributed by atoms with Crippen LogP contribution < -0.4 is 14.8 Å². The number of oxazole rings is 1. The number of ether oxygens (including phenoxy) is 2. The molecule has 0 spiro atoms. The predicted molar refractivity (Wildman–Crippen MR) is 143 cm³/mol. The fourth-order valence-corrected chi connectivity index (χ4v) is 5.39. The van der Waals surface area contributed by atoms with Gasteiger partial charge in [0.25, 0.3) is 5.89 Å². The van der Waals surface area contributed by atoms with Crippen molar-refractivity contribution in [1.82, 2.24) is 25.2 Å². The average molecular weight is 517 g/mol. The molecule has 0 aliphatic carbocycles. The molecule has 200 valence electrons. The van der Waals surface area contributed by atoms with Crippen molar-refractivity contribution in [3.63, 3.8) is 0 Å².